The van der Waals surface area contributed by atoms with Crippen LogP contribution in [0.2, 0.25) is 0 Å². The third-order valence-corrected chi connectivity index (χ3v) is 2.52. The monoisotopic (exact) mass is 237 g/mol. The molecule has 0 heterocycles. The quantitative estimate of drug-likeness (QED) is 0.557. The van der Waals surface area contributed by atoms with Gasteiger partial charge in [0.25, 0.3) is 0 Å². The van der Waals surface area contributed by atoms with Crippen molar-refractivity contribution in [1.82, 2.24) is 5.48 Å². The van der Waals surface area contributed by atoms with Gasteiger partial charge in [-0.15, -0.1) is 0 Å². The minimum absolute atomic E-state index is 0.244. The lowest BCUT2D eigenvalue weighted by Gasteiger charge is -2.20. The first-order valence-corrected chi connectivity index (χ1v) is 6.15. The average molecular weight is 237 g/mol. The van der Waals surface area contributed by atoms with E-state index in [9.17, 15) is 0 Å². The van der Waals surface area contributed by atoms with Crippen LogP contribution in [0.1, 0.15) is 31.9 Å². The van der Waals surface area contributed by atoms with Gasteiger partial charge in [0.15, 0.2) is 0 Å². The third kappa shape index (κ3) is 5.82. The fourth-order valence-corrected chi connectivity index (χ4v) is 1.69. The molecule has 0 fully saturated rings. The fourth-order valence-electron chi connectivity index (χ4n) is 1.69. The molecule has 0 saturated carbocycles. The van der Waals surface area contributed by atoms with E-state index in [4.69, 9.17) is 9.57 Å². The van der Waals surface area contributed by atoms with Crippen LogP contribution >= 0.6 is 0 Å². The molecule has 0 bridgehead atoms. The Hall–Kier alpha value is -0.900. The second-order valence-corrected chi connectivity index (χ2v) is 4.55. The molecule has 1 aromatic carbocycles. The molecule has 1 unspecified atom stereocenters. The maximum absolute atomic E-state index is 5.42. The van der Waals surface area contributed by atoms with Gasteiger partial charge in [-0.3, -0.25) is 4.84 Å². The van der Waals surface area contributed by atoms with Crippen molar-refractivity contribution in [2.75, 3.05) is 20.3 Å². The van der Waals surface area contributed by atoms with Crippen LogP contribution in [-0.4, -0.2) is 20.3 Å². The zero-order valence-corrected chi connectivity index (χ0v) is 11.0. The summed E-state index contributed by atoms with van der Waals surface area (Å²) < 4.78 is 4.95. The molecule has 3 heteroatoms. The van der Waals surface area contributed by atoms with Crippen molar-refractivity contribution in [2.24, 2.45) is 5.92 Å². The first kappa shape index (κ1) is 14.2. The van der Waals surface area contributed by atoms with Gasteiger partial charge in [0, 0.05) is 7.11 Å². The number of hydroxylamine groups is 1. The van der Waals surface area contributed by atoms with Gasteiger partial charge in [0.2, 0.25) is 0 Å². The number of methoxy groups -OCH3 is 1. The highest BCUT2D eigenvalue weighted by Gasteiger charge is 2.12. The van der Waals surface area contributed by atoms with Crippen LogP contribution in [0.3, 0.4) is 0 Å². The van der Waals surface area contributed by atoms with Crippen molar-refractivity contribution in [1.29, 1.82) is 0 Å². The van der Waals surface area contributed by atoms with E-state index >= 15 is 0 Å². The van der Waals surface area contributed by atoms with Crippen molar-refractivity contribution < 1.29 is 9.57 Å². The first-order chi connectivity index (χ1) is 8.24. The Labute approximate surface area is 104 Å². The third-order valence-electron chi connectivity index (χ3n) is 2.52. The van der Waals surface area contributed by atoms with Gasteiger partial charge >= 0.3 is 0 Å². The summed E-state index contributed by atoms with van der Waals surface area (Å²) >= 11 is 0. The van der Waals surface area contributed by atoms with Crippen LogP contribution in [0.4, 0.5) is 0 Å². The second-order valence-electron chi connectivity index (χ2n) is 4.55. The molecule has 96 valence electrons. The summed E-state index contributed by atoms with van der Waals surface area (Å²) in [6, 6.07) is 10.6. The first-order valence-electron chi connectivity index (χ1n) is 6.15. The maximum Gasteiger partial charge on any atom is 0.0916 e. The molecule has 1 atom stereocenters. The SMILES string of the molecule is COCCONC(CC(C)C)c1ccccc1. The number of benzene rings is 1. The van der Waals surface area contributed by atoms with E-state index in [1.807, 2.05) is 6.07 Å². The molecule has 0 saturated heterocycles. The number of nitrogens with one attached hydrogen (secondary N) is 1. The Morgan fingerprint density at radius 1 is 1.12 bits per heavy atom. The normalized spacial score (nSPS) is 12.9. The summed E-state index contributed by atoms with van der Waals surface area (Å²) in [4.78, 5) is 5.42. The number of rotatable bonds is 8. The summed E-state index contributed by atoms with van der Waals surface area (Å²) in [5.41, 5.74) is 4.38. The standard InChI is InChI=1S/C14H23NO2/c1-12(2)11-14(15-17-10-9-16-3)13-7-5-4-6-8-13/h4-8,12,14-15H,9-11H2,1-3H3. The Morgan fingerprint density at radius 3 is 2.41 bits per heavy atom. The van der Waals surface area contributed by atoms with Gasteiger partial charge in [-0.2, -0.15) is 5.48 Å². The Morgan fingerprint density at radius 2 is 1.82 bits per heavy atom. The highest BCUT2D eigenvalue weighted by atomic mass is 16.7. The largest absolute Gasteiger partial charge is 0.382 e. The van der Waals surface area contributed by atoms with E-state index in [-0.39, 0.29) is 6.04 Å². The summed E-state index contributed by atoms with van der Waals surface area (Å²) in [7, 11) is 1.67. The van der Waals surface area contributed by atoms with Gasteiger partial charge < -0.3 is 4.74 Å². The van der Waals surface area contributed by atoms with E-state index in [1.54, 1.807) is 7.11 Å². The topological polar surface area (TPSA) is 30.5 Å². The molecule has 1 rings (SSSR count). The molecular formula is C14H23NO2. The molecule has 3 nitrogen and oxygen atoms in total. The number of ether oxygens (including phenoxy) is 1. The maximum atomic E-state index is 5.42. The molecule has 0 aliphatic heterocycles. The van der Waals surface area contributed by atoms with Gasteiger partial charge in [-0.1, -0.05) is 44.2 Å². The van der Waals surface area contributed by atoms with Gasteiger partial charge in [-0.25, -0.2) is 0 Å². The second kappa shape index (κ2) is 8.23. The zero-order valence-electron chi connectivity index (χ0n) is 11.0. The fraction of sp³-hybridized carbons (Fsp3) is 0.571. The minimum Gasteiger partial charge on any atom is -0.382 e. The van der Waals surface area contributed by atoms with E-state index in [1.165, 1.54) is 5.56 Å². The van der Waals surface area contributed by atoms with E-state index in [0.717, 1.165) is 6.42 Å². The lowest BCUT2D eigenvalue weighted by molar-refractivity contribution is -0.0159. The predicted molar refractivity (Wildman–Crippen MR) is 69.6 cm³/mol. The Bertz CT molecular complexity index is 288. The molecule has 1 aromatic rings. The molecule has 0 aromatic heterocycles. The van der Waals surface area contributed by atoms with Gasteiger partial charge in [-0.05, 0) is 17.9 Å². The smallest absolute Gasteiger partial charge is 0.0916 e. The Kier molecular flexibility index (Phi) is 6.86. The highest BCUT2D eigenvalue weighted by Crippen LogP contribution is 2.20. The Balaban J connectivity index is 2.49. The van der Waals surface area contributed by atoms with Gasteiger partial charge in [0.1, 0.15) is 0 Å². The molecule has 0 amide bonds. The summed E-state index contributed by atoms with van der Waals surface area (Å²) in [5.74, 6) is 0.624. The van der Waals surface area contributed by atoms with E-state index in [0.29, 0.717) is 19.1 Å². The molecular weight excluding hydrogens is 214 g/mol. The molecule has 0 radical (unpaired) electrons. The zero-order chi connectivity index (χ0) is 12.5. The average Bonchev–Trinajstić information content (AvgIpc) is 2.34. The summed E-state index contributed by atoms with van der Waals surface area (Å²) in [6.07, 6.45) is 1.05. The molecule has 0 aliphatic carbocycles. The van der Waals surface area contributed by atoms with Crippen molar-refractivity contribution in [3.63, 3.8) is 0 Å². The lowest BCUT2D eigenvalue weighted by Crippen LogP contribution is -2.24. The van der Waals surface area contributed by atoms with Crippen LogP contribution in [0.25, 0.3) is 0 Å². The number of hydrogen-bond donors (Lipinski definition) is 1. The van der Waals surface area contributed by atoms with E-state index < -0.39 is 0 Å². The van der Waals surface area contributed by atoms with Gasteiger partial charge in [0.05, 0.1) is 19.3 Å². The lowest BCUT2D eigenvalue weighted by atomic mass is 9.98. The van der Waals surface area contributed by atoms with Crippen LogP contribution in [-0.2, 0) is 9.57 Å². The molecule has 17 heavy (non-hydrogen) atoms. The van der Waals surface area contributed by atoms with Crippen molar-refractivity contribution in [2.45, 2.75) is 26.3 Å². The van der Waals surface area contributed by atoms with Crippen molar-refractivity contribution in [3.8, 4) is 0 Å². The van der Waals surface area contributed by atoms with Crippen LogP contribution in [0, 0.1) is 5.92 Å². The predicted octanol–water partition coefficient (Wildman–Crippen LogP) is 2.94. The highest BCUT2D eigenvalue weighted by molar-refractivity contribution is 5.18. The van der Waals surface area contributed by atoms with Crippen LogP contribution in [0.5, 0.6) is 0 Å². The van der Waals surface area contributed by atoms with Crippen molar-refractivity contribution in [3.05, 3.63) is 35.9 Å². The minimum atomic E-state index is 0.244. The summed E-state index contributed by atoms with van der Waals surface area (Å²) in [6.45, 7) is 5.60. The van der Waals surface area contributed by atoms with Crippen LogP contribution in [0.15, 0.2) is 30.3 Å². The van der Waals surface area contributed by atoms with Crippen LogP contribution < -0.4 is 5.48 Å². The number of hydrogen-bond acceptors (Lipinski definition) is 3. The summed E-state index contributed by atoms with van der Waals surface area (Å²) in [5, 5.41) is 0. The molecule has 1 N–H and O–H groups in total. The molecule has 0 aliphatic rings. The van der Waals surface area contributed by atoms with E-state index in [2.05, 4.69) is 43.6 Å². The molecule has 0 spiro atoms. The van der Waals surface area contributed by atoms with Crippen molar-refractivity contribution >= 4 is 0 Å².